The van der Waals surface area contributed by atoms with Gasteiger partial charge in [0, 0.05) is 24.6 Å². The summed E-state index contributed by atoms with van der Waals surface area (Å²) in [6, 6.07) is 8.58. The molecule has 0 spiro atoms. The van der Waals surface area contributed by atoms with Gasteiger partial charge in [-0.1, -0.05) is 37.5 Å². The molecule has 3 N–H and O–H groups in total. The lowest BCUT2D eigenvalue weighted by Gasteiger charge is -2.36. The fourth-order valence-electron chi connectivity index (χ4n) is 4.23. The average Bonchev–Trinajstić information content (AvgIpc) is 2.71. The van der Waals surface area contributed by atoms with Gasteiger partial charge in [-0.05, 0) is 49.0 Å². The monoisotopic (exact) mass is 415 g/mol. The van der Waals surface area contributed by atoms with E-state index in [1.807, 2.05) is 25.1 Å². The molecule has 1 saturated carbocycles. The van der Waals surface area contributed by atoms with Crippen LogP contribution in [0.2, 0.25) is 0 Å². The molecule has 0 unspecified atom stereocenters. The van der Waals surface area contributed by atoms with Crippen molar-refractivity contribution in [1.82, 2.24) is 15.2 Å². The Morgan fingerprint density at radius 1 is 1.28 bits per heavy atom. The van der Waals surface area contributed by atoms with E-state index >= 15 is 0 Å². The van der Waals surface area contributed by atoms with Crippen molar-refractivity contribution in [2.45, 2.75) is 58.0 Å². The largest absolute Gasteiger partial charge is 0.362 e. The summed E-state index contributed by atoms with van der Waals surface area (Å²) in [4.78, 5) is 19.6. The number of rotatable bonds is 7. The number of hydrogen-bond donors (Lipinski definition) is 3. The van der Waals surface area contributed by atoms with Crippen molar-refractivity contribution in [3.8, 4) is 0 Å². The zero-order valence-corrected chi connectivity index (χ0v) is 18.8. The molecule has 1 aliphatic carbocycles. The van der Waals surface area contributed by atoms with Crippen LogP contribution in [0.4, 0.5) is 0 Å². The van der Waals surface area contributed by atoms with E-state index in [4.69, 9.17) is 12.2 Å². The highest BCUT2D eigenvalue weighted by Gasteiger charge is 2.24. The van der Waals surface area contributed by atoms with Crippen molar-refractivity contribution < 1.29 is 4.90 Å². The van der Waals surface area contributed by atoms with Crippen molar-refractivity contribution in [3.63, 3.8) is 0 Å². The van der Waals surface area contributed by atoms with Crippen LogP contribution in [0.1, 0.15) is 49.7 Å². The second kappa shape index (κ2) is 10.2. The smallest absolute Gasteiger partial charge is 0.253 e. The van der Waals surface area contributed by atoms with Crippen LogP contribution in [0.15, 0.2) is 29.1 Å². The summed E-state index contributed by atoms with van der Waals surface area (Å²) in [5, 5.41) is 5.32. The highest BCUT2D eigenvalue weighted by molar-refractivity contribution is 7.80. The predicted molar refractivity (Wildman–Crippen MR) is 125 cm³/mol. The van der Waals surface area contributed by atoms with Crippen molar-refractivity contribution in [1.29, 1.82) is 0 Å². The summed E-state index contributed by atoms with van der Waals surface area (Å²) >= 11 is 5.79. The van der Waals surface area contributed by atoms with E-state index < -0.39 is 0 Å². The molecule has 1 aromatic carbocycles. The number of benzene rings is 1. The fraction of sp³-hybridized carbons (Fsp3) is 0.565. The highest BCUT2D eigenvalue weighted by Crippen LogP contribution is 2.24. The second-order valence-electron chi connectivity index (χ2n) is 8.63. The summed E-state index contributed by atoms with van der Waals surface area (Å²) in [5.41, 5.74) is 2.80. The Morgan fingerprint density at radius 3 is 2.76 bits per heavy atom. The van der Waals surface area contributed by atoms with Gasteiger partial charge in [0.2, 0.25) is 0 Å². The third kappa shape index (κ3) is 5.80. The Bertz CT molecular complexity index is 886. The standard InChI is InChI=1S/C23H34N4OS/c1-17-9-7-10-18-15-19(22(28)25-21(17)18)16-27(20-11-5-4-6-12-20)23(29)24-13-8-14-26(2)3/h7,9-10,15,20H,4-6,8,11-14,16H2,1-3H3,(H,24,29)(H,25,28)/p+1. The van der Waals surface area contributed by atoms with E-state index in [1.54, 1.807) is 0 Å². The number of aryl methyl sites for hydroxylation is 1. The van der Waals surface area contributed by atoms with Crippen molar-refractivity contribution in [3.05, 3.63) is 45.7 Å². The Kier molecular flexibility index (Phi) is 7.67. The zero-order valence-electron chi connectivity index (χ0n) is 18.0. The number of aromatic nitrogens is 1. The minimum absolute atomic E-state index is 0.00776. The van der Waals surface area contributed by atoms with Gasteiger partial charge in [0.1, 0.15) is 0 Å². The molecule has 0 bridgehead atoms. The molecular formula is C23H35N4OS+. The van der Waals surface area contributed by atoms with Gasteiger partial charge in [0.05, 0.1) is 32.7 Å². The maximum absolute atomic E-state index is 12.8. The van der Waals surface area contributed by atoms with Crippen LogP contribution in [0, 0.1) is 6.92 Å². The van der Waals surface area contributed by atoms with Crippen LogP contribution in [-0.2, 0) is 6.54 Å². The van der Waals surface area contributed by atoms with Gasteiger partial charge in [0.25, 0.3) is 5.56 Å². The van der Waals surface area contributed by atoms with E-state index in [0.717, 1.165) is 59.5 Å². The van der Waals surface area contributed by atoms with E-state index in [2.05, 4.69) is 35.4 Å². The summed E-state index contributed by atoms with van der Waals surface area (Å²) in [6.45, 7) is 4.58. The molecule has 2 aromatic rings. The minimum atomic E-state index is -0.00776. The van der Waals surface area contributed by atoms with Crippen molar-refractivity contribution in [2.24, 2.45) is 0 Å². The second-order valence-corrected chi connectivity index (χ2v) is 9.01. The normalized spacial score (nSPS) is 15.0. The number of hydrogen-bond acceptors (Lipinski definition) is 2. The molecule has 1 fully saturated rings. The number of H-pyrrole nitrogens is 1. The quantitative estimate of drug-likeness (QED) is 0.480. The Hall–Kier alpha value is -1.92. The topological polar surface area (TPSA) is 52.6 Å². The molecular weight excluding hydrogens is 380 g/mol. The summed E-state index contributed by atoms with van der Waals surface area (Å²) in [7, 11) is 4.33. The third-order valence-corrected chi connectivity index (χ3v) is 6.29. The van der Waals surface area contributed by atoms with Gasteiger partial charge < -0.3 is 20.1 Å². The van der Waals surface area contributed by atoms with Crippen molar-refractivity contribution in [2.75, 3.05) is 27.2 Å². The molecule has 6 heteroatoms. The number of thiocarbonyl (C=S) groups is 1. The van der Waals surface area contributed by atoms with E-state index in [1.165, 1.54) is 24.2 Å². The molecule has 1 aliphatic rings. The molecule has 0 atom stereocenters. The number of fused-ring (bicyclic) bond motifs is 1. The number of quaternary nitrogens is 1. The summed E-state index contributed by atoms with van der Waals surface area (Å²) in [6.07, 6.45) is 7.15. The first-order valence-electron chi connectivity index (χ1n) is 10.9. The average molecular weight is 416 g/mol. The Labute approximate surface area is 179 Å². The first-order chi connectivity index (χ1) is 14.0. The molecule has 29 heavy (non-hydrogen) atoms. The van der Waals surface area contributed by atoms with Gasteiger partial charge in [-0.25, -0.2) is 0 Å². The highest BCUT2D eigenvalue weighted by atomic mass is 32.1. The first kappa shape index (κ1) is 21.8. The first-order valence-corrected chi connectivity index (χ1v) is 11.3. The predicted octanol–water partition coefficient (Wildman–Crippen LogP) is 2.38. The van der Waals surface area contributed by atoms with Crippen LogP contribution < -0.4 is 15.8 Å². The summed E-state index contributed by atoms with van der Waals surface area (Å²) < 4.78 is 0. The number of nitrogens with one attached hydrogen (secondary N) is 3. The third-order valence-electron chi connectivity index (χ3n) is 5.91. The molecule has 1 heterocycles. The number of pyridine rings is 1. The number of para-hydroxylation sites is 1. The van der Waals surface area contributed by atoms with Gasteiger partial charge in [-0.2, -0.15) is 0 Å². The number of nitrogens with zero attached hydrogens (tertiary/aromatic N) is 1. The summed E-state index contributed by atoms with van der Waals surface area (Å²) in [5.74, 6) is 0. The molecule has 1 aromatic heterocycles. The molecule has 5 nitrogen and oxygen atoms in total. The lowest BCUT2D eigenvalue weighted by molar-refractivity contribution is -0.858. The van der Waals surface area contributed by atoms with Gasteiger partial charge in [-0.3, -0.25) is 4.79 Å². The number of aromatic amines is 1. The Balaban J connectivity index is 1.79. The molecule has 0 aliphatic heterocycles. The van der Waals surface area contributed by atoms with Crippen LogP contribution in [0.25, 0.3) is 10.9 Å². The maximum Gasteiger partial charge on any atom is 0.253 e. The van der Waals surface area contributed by atoms with Crippen LogP contribution in [0.5, 0.6) is 0 Å². The SMILES string of the molecule is Cc1cccc2cc(CN(C(=S)NCCC[NH+](C)C)C3CCCCC3)c(=O)[nH]c12. The van der Waals surface area contributed by atoms with Gasteiger partial charge >= 0.3 is 0 Å². The molecule has 0 radical (unpaired) electrons. The maximum atomic E-state index is 12.8. The van der Waals surface area contributed by atoms with Crippen LogP contribution >= 0.6 is 12.2 Å². The lowest BCUT2D eigenvalue weighted by atomic mass is 9.94. The molecule has 3 rings (SSSR count). The zero-order chi connectivity index (χ0) is 20.8. The van der Waals surface area contributed by atoms with Crippen LogP contribution in [0.3, 0.4) is 0 Å². The molecule has 0 amide bonds. The van der Waals surface area contributed by atoms with Gasteiger partial charge in [0.15, 0.2) is 5.11 Å². The molecule has 0 saturated heterocycles. The van der Waals surface area contributed by atoms with Crippen LogP contribution in [-0.4, -0.2) is 48.2 Å². The Morgan fingerprint density at radius 2 is 2.03 bits per heavy atom. The fourth-order valence-corrected chi connectivity index (χ4v) is 4.54. The van der Waals surface area contributed by atoms with E-state index in [-0.39, 0.29) is 5.56 Å². The lowest BCUT2D eigenvalue weighted by Crippen LogP contribution is -3.05. The van der Waals surface area contributed by atoms with Gasteiger partial charge in [-0.15, -0.1) is 0 Å². The minimum Gasteiger partial charge on any atom is -0.362 e. The van der Waals surface area contributed by atoms with E-state index in [0.29, 0.717) is 12.6 Å². The van der Waals surface area contributed by atoms with E-state index in [9.17, 15) is 4.79 Å². The van der Waals surface area contributed by atoms with Crippen molar-refractivity contribution >= 4 is 28.2 Å². The molecule has 158 valence electrons.